The molecule has 1 saturated heterocycles. The molecule has 3 rings (SSSR count). The van der Waals surface area contributed by atoms with E-state index >= 15 is 0 Å². The fourth-order valence-corrected chi connectivity index (χ4v) is 3.15. The van der Waals surface area contributed by atoms with Crippen LogP contribution in [0, 0.1) is 0 Å². The fourth-order valence-electron chi connectivity index (χ4n) is 3.15. The molecule has 0 radical (unpaired) electrons. The Morgan fingerprint density at radius 1 is 0.920 bits per heavy atom. The molecule has 1 aliphatic rings. The van der Waals surface area contributed by atoms with Crippen molar-refractivity contribution in [2.45, 2.75) is 38.5 Å². The number of rotatable bonds is 5. The molecule has 0 N–H and O–H groups in total. The zero-order chi connectivity index (χ0) is 17.9. The van der Waals surface area contributed by atoms with E-state index in [1.807, 2.05) is 36.4 Å². The van der Waals surface area contributed by atoms with E-state index in [4.69, 9.17) is 9.47 Å². The molecule has 0 aromatic heterocycles. The molecule has 3 nitrogen and oxygen atoms in total. The van der Waals surface area contributed by atoms with E-state index in [1.165, 1.54) is 5.69 Å². The van der Waals surface area contributed by atoms with Crippen molar-refractivity contribution in [1.29, 1.82) is 0 Å². The molecule has 0 unspecified atom stereocenters. The lowest BCUT2D eigenvalue weighted by Crippen LogP contribution is -2.38. The molecule has 1 heterocycles. The number of halogens is 1. The second-order valence-electron chi connectivity index (χ2n) is 7.00. The van der Waals surface area contributed by atoms with Gasteiger partial charge in [-0.15, -0.1) is 0 Å². The number of alkyl halides is 1. The predicted octanol–water partition coefficient (Wildman–Crippen LogP) is 4.95. The third-order valence-corrected chi connectivity index (χ3v) is 4.72. The lowest BCUT2D eigenvalue weighted by molar-refractivity contribution is 0.170. The van der Waals surface area contributed by atoms with Gasteiger partial charge in [0.2, 0.25) is 0 Å². The van der Waals surface area contributed by atoms with Crippen molar-refractivity contribution in [2.24, 2.45) is 0 Å². The molecular formula is C21H26FNO2. The smallest absolute Gasteiger partial charge is 0.130 e. The van der Waals surface area contributed by atoms with Crippen molar-refractivity contribution in [3.8, 4) is 11.5 Å². The van der Waals surface area contributed by atoms with Gasteiger partial charge in [-0.3, -0.25) is 0 Å². The van der Waals surface area contributed by atoms with E-state index in [0.29, 0.717) is 5.56 Å². The van der Waals surface area contributed by atoms with Gasteiger partial charge in [0.05, 0.1) is 7.11 Å². The SMILES string of the molecule is COc1ccc(N2CCC(Oc3ccc(C(C)(C)F)cc3)CC2)cc1. The highest BCUT2D eigenvalue weighted by Gasteiger charge is 2.22. The van der Waals surface area contributed by atoms with Crippen LogP contribution in [0.2, 0.25) is 0 Å². The molecule has 0 bridgehead atoms. The fraction of sp³-hybridized carbons (Fsp3) is 0.429. The van der Waals surface area contributed by atoms with Gasteiger partial charge in [-0.1, -0.05) is 12.1 Å². The van der Waals surface area contributed by atoms with E-state index < -0.39 is 5.67 Å². The third-order valence-electron chi connectivity index (χ3n) is 4.72. The average Bonchev–Trinajstić information content (AvgIpc) is 2.62. The molecule has 2 aromatic carbocycles. The summed E-state index contributed by atoms with van der Waals surface area (Å²) in [5.74, 6) is 1.69. The monoisotopic (exact) mass is 343 g/mol. The minimum absolute atomic E-state index is 0.207. The maximum atomic E-state index is 13.9. The first-order valence-corrected chi connectivity index (χ1v) is 8.81. The van der Waals surface area contributed by atoms with Crippen LogP contribution < -0.4 is 14.4 Å². The zero-order valence-corrected chi connectivity index (χ0v) is 15.2. The highest BCUT2D eigenvalue weighted by Crippen LogP contribution is 2.28. The molecule has 1 aliphatic heterocycles. The molecule has 134 valence electrons. The molecule has 0 atom stereocenters. The first-order chi connectivity index (χ1) is 12.0. The maximum absolute atomic E-state index is 13.9. The quantitative estimate of drug-likeness (QED) is 0.767. The molecule has 25 heavy (non-hydrogen) atoms. The van der Waals surface area contributed by atoms with Crippen molar-refractivity contribution in [3.05, 3.63) is 54.1 Å². The summed E-state index contributed by atoms with van der Waals surface area (Å²) in [6, 6.07) is 15.5. The van der Waals surface area contributed by atoms with Gasteiger partial charge in [0.25, 0.3) is 0 Å². The molecule has 0 saturated carbocycles. The summed E-state index contributed by atoms with van der Waals surface area (Å²) in [6.45, 7) is 5.06. The highest BCUT2D eigenvalue weighted by molar-refractivity contribution is 5.49. The molecule has 4 heteroatoms. The largest absolute Gasteiger partial charge is 0.497 e. The van der Waals surface area contributed by atoms with Crippen LogP contribution in [0.5, 0.6) is 11.5 Å². The van der Waals surface area contributed by atoms with Crippen molar-refractivity contribution >= 4 is 5.69 Å². The van der Waals surface area contributed by atoms with Crippen molar-refractivity contribution in [1.82, 2.24) is 0 Å². The van der Waals surface area contributed by atoms with Crippen LogP contribution in [-0.4, -0.2) is 26.3 Å². The number of ether oxygens (including phenoxy) is 2. The van der Waals surface area contributed by atoms with Crippen LogP contribution in [0.4, 0.5) is 10.1 Å². The summed E-state index contributed by atoms with van der Waals surface area (Å²) in [4.78, 5) is 2.37. The van der Waals surface area contributed by atoms with Gasteiger partial charge in [0.15, 0.2) is 0 Å². The Balaban J connectivity index is 1.53. The normalized spacial score (nSPS) is 15.9. The maximum Gasteiger partial charge on any atom is 0.130 e. The van der Waals surface area contributed by atoms with Gasteiger partial charge in [-0.2, -0.15) is 0 Å². The molecule has 0 amide bonds. The van der Waals surface area contributed by atoms with Gasteiger partial charge >= 0.3 is 0 Å². The Kier molecular flexibility index (Phi) is 5.16. The first kappa shape index (κ1) is 17.6. The van der Waals surface area contributed by atoms with Crippen molar-refractivity contribution in [3.63, 3.8) is 0 Å². The van der Waals surface area contributed by atoms with Crippen LogP contribution >= 0.6 is 0 Å². The number of methoxy groups -OCH3 is 1. The first-order valence-electron chi connectivity index (χ1n) is 8.81. The Hall–Kier alpha value is -2.23. The minimum atomic E-state index is -1.32. The van der Waals surface area contributed by atoms with Gasteiger partial charge in [-0.05, 0) is 55.8 Å². The summed E-state index contributed by atoms with van der Waals surface area (Å²) in [6.07, 6.45) is 2.16. The molecule has 0 aliphatic carbocycles. The molecule has 1 fully saturated rings. The number of nitrogens with zero attached hydrogens (tertiary/aromatic N) is 1. The lowest BCUT2D eigenvalue weighted by atomic mass is 10.0. The lowest BCUT2D eigenvalue weighted by Gasteiger charge is -2.33. The Morgan fingerprint density at radius 2 is 1.48 bits per heavy atom. The summed E-state index contributed by atoms with van der Waals surface area (Å²) >= 11 is 0. The van der Waals surface area contributed by atoms with E-state index in [1.54, 1.807) is 21.0 Å². The van der Waals surface area contributed by atoms with E-state index in [9.17, 15) is 4.39 Å². The van der Waals surface area contributed by atoms with E-state index in [2.05, 4.69) is 17.0 Å². The van der Waals surface area contributed by atoms with Gasteiger partial charge in [0, 0.05) is 31.6 Å². The van der Waals surface area contributed by atoms with Crippen LogP contribution in [-0.2, 0) is 5.67 Å². The Labute approximate surface area is 149 Å². The second-order valence-corrected chi connectivity index (χ2v) is 7.00. The predicted molar refractivity (Wildman–Crippen MR) is 99.4 cm³/mol. The molecule has 2 aromatic rings. The summed E-state index contributed by atoms with van der Waals surface area (Å²) in [5.41, 5.74) is 0.574. The zero-order valence-electron chi connectivity index (χ0n) is 15.2. The Bertz CT molecular complexity index is 669. The number of piperidine rings is 1. The van der Waals surface area contributed by atoms with E-state index in [0.717, 1.165) is 37.4 Å². The van der Waals surface area contributed by atoms with Crippen LogP contribution in [0.25, 0.3) is 0 Å². The number of benzene rings is 2. The number of anilines is 1. The third kappa shape index (κ3) is 4.44. The standard InChI is InChI=1S/C21H26FNO2/c1-21(2,22)16-4-8-19(9-5-16)25-20-12-14-23(15-13-20)17-6-10-18(24-3)11-7-17/h4-11,20H,12-15H2,1-3H3. The minimum Gasteiger partial charge on any atom is -0.497 e. The molecule has 0 spiro atoms. The summed E-state index contributed by atoms with van der Waals surface area (Å²) in [5, 5.41) is 0. The highest BCUT2D eigenvalue weighted by atomic mass is 19.1. The van der Waals surface area contributed by atoms with Crippen molar-refractivity contribution < 1.29 is 13.9 Å². The Morgan fingerprint density at radius 3 is 2.00 bits per heavy atom. The second kappa shape index (κ2) is 7.34. The summed E-state index contributed by atoms with van der Waals surface area (Å²) in [7, 11) is 1.68. The molecular weight excluding hydrogens is 317 g/mol. The number of hydrogen-bond acceptors (Lipinski definition) is 3. The number of hydrogen-bond donors (Lipinski definition) is 0. The topological polar surface area (TPSA) is 21.7 Å². The average molecular weight is 343 g/mol. The van der Waals surface area contributed by atoms with Crippen molar-refractivity contribution in [2.75, 3.05) is 25.1 Å². The van der Waals surface area contributed by atoms with Crippen LogP contribution in [0.3, 0.4) is 0 Å². The summed E-state index contributed by atoms with van der Waals surface area (Å²) < 4.78 is 25.2. The van der Waals surface area contributed by atoms with Gasteiger partial charge in [0.1, 0.15) is 23.3 Å². The van der Waals surface area contributed by atoms with Crippen LogP contribution in [0.15, 0.2) is 48.5 Å². The van der Waals surface area contributed by atoms with Gasteiger partial charge in [-0.25, -0.2) is 4.39 Å². The van der Waals surface area contributed by atoms with Gasteiger partial charge < -0.3 is 14.4 Å². The van der Waals surface area contributed by atoms with Crippen LogP contribution in [0.1, 0.15) is 32.3 Å². The van der Waals surface area contributed by atoms with E-state index in [-0.39, 0.29) is 6.10 Å².